The number of sulfone groups is 1. The van der Waals surface area contributed by atoms with Gasteiger partial charge in [-0.05, 0) is 48.7 Å². The molecule has 0 aromatic heterocycles. The van der Waals surface area contributed by atoms with Gasteiger partial charge in [-0.15, -0.1) is 0 Å². The molecule has 2 aromatic rings. The number of carbonyl (C=O) groups excluding carboxylic acids is 1. The fourth-order valence-electron chi connectivity index (χ4n) is 4.43. The van der Waals surface area contributed by atoms with Crippen LogP contribution in [0.3, 0.4) is 0 Å². The highest BCUT2D eigenvalue weighted by Gasteiger charge is 2.49. The first-order chi connectivity index (χ1) is 14.5. The highest BCUT2D eigenvalue weighted by atomic mass is 32.2. The zero-order valence-electron chi connectivity index (χ0n) is 17.1. The summed E-state index contributed by atoms with van der Waals surface area (Å²) < 4.78 is 47.8. The number of nitrogens with zero attached hydrogens (tertiary/aromatic N) is 2. The molecule has 2 aliphatic heterocycles. The van der Waals surface area contributed by atoms with Crippen molar-refractivity contribution in [1.82, 2.24) is 4.90 Å². The lowest BCUT2D eigenvalue weighted by molar-refractivity contribution is -0.123. The second-order valence-electron chi connectivity index (χ2n) is 8.22. The normalized spacial score (nSPS) is 23.7. The van der Waals surface area contributed by atoms with Crippen LogP contribution in [0.25, 0.3) is 0 Å². The maximum atomic E-state index is 13.0. The van der Waals surface area contributed by atoms with Gasteiger partial charge in [0.2, 0.25) is 15.9 Å². The van der Waals surface area contributed by atoms with E-state index in [-0.39, 0.29) is 34.9 Å². The SMILES string of the molecule is Cc1cccc(N2C(=O)CN(CCc3ccc(S(N)(=O)=O)cc3)[C@H]3CS(=O)(=O)C[C@H]32)c1. The molecule has 8 nitrogen and oxygen atoms in total. The number of aryl methyl sites for hydroxylation is 1. The fourth-order valence-corrected chi connectivity index (χ4v) is 6.93. The van der Waals surface area contributed by atoms with Crippen LogP contribution in [0, 0.1) is 6.92 Å². The Morgan fingerprint density at radius 3 is 2.39 bits per heavy atom. The number of sulfonamides is 1. The number of benzene rings is 2. The Hall–Kier alpha value is -2.27. The molecule has 0 bridgehead atoms. The molecule has 2 N–H and O–H groups in total. The molecule has 1 amide bonds. The first kappa shape index (κ1) is 21.9. The summed E-state index contributed by atoms with van der Waals surface area (Å²) in [6.45, 7) is 2.58. The van der Waals surface area contributed by atoms with Crippen LogP contribution in [0.5, 0.6) is 0 Å². The van der Waals surface area contributed by atoms with Gasteiger partial charge in [-0.3, -0.25) is 9.69 Å². The average Bonchev–Trinajstić information content (AvgIpc) is 3.00. The van der Waals surface area contributed by atoms with Crippen LogP contribution < -0.4 is 10.0 Å². The maximum absolute atomic E-state index is 13.0. The van der Waals surface area contributed by atoms with Crippen molar-refractivity contribution in [2.45, 2.75) is 30.3 Å². The number of carbonyl (C=O) groups is 1. The summed E-state index contributed by atoms with van der Waals surface area (Å²) in [7, 11) is -7.01. The summed E-state index contributed by atoms with van der Waals surface area (Å²) in [4.78, 5) is 16.7. The van der Waals surface area contributed by atoms with Crippen molar-refractivity contribution >= 4 is 31.5 Å². The fraction of sp³-hybridized carbons (Fsp3) is 0.381. The molecular formula is C21H25N3O5S2. The Morgan fingerprint density at radius 1 is 1.06 bits per heavy atom. The van der Waals surface area contributed by atoms with Crippen molar-refractivity contribution in [2.75, 3.05) is 29.5 Å². The van der Waals surface area contributed by atoms with Gasteiger partial charge in [0.15, 0.2) is 9.84 Å². The van der Waals surface area contributed by atoms with E-state index >= 15 is 0 Å². The number of primary sulfonamides is 1. The molecule has 166 valence electrons. The van der Waals surface area contributed by atoms with Crippen LogP contribution in [0.1, 0.15) is 11.1 Å². The van der Waals surface area contributed by atoms with E-state index < -0.39 is 25.9 Å². The zero-order chi connectivity index (χ0) is 22.4. The summed E-state index contributed by atoms with van der Waals surface area (Å²) in [6, 6.07) is 13.1. The molecule has 10 heteroatoms. The van der Waals surface area contributed by atoms with Gasteiger partial charge in [-0.1, -0.05) is 24.3 Å². The molecule has 0 radical (unpaired) electrons. The van der Waals surface area contributed by atoms with Gasteiger partial charge < -0.3 is 4.90 Å². The van der Waals surface area contributed by atoms with E-state index in [1.807, 2.05) is 36.1 Å². The minimum absolute atomic E-state index is 0.0254. The molecule has 0 saturated carbocycles. The zero-order valence-corrected chi connectivity index (χ0v) is 18.8. The summed E-state index contributed by atoms with van der Waals surface area (Å²) in [5.41, 5.74) is 2.63. The molecule has 0 spiro atoms. The monoisotopic (exact) mass is 463 g/mol. The smallest absolute Gasteiger partial charge is 0.241 e. The largest absolute Gasteiger partial charge is 0.306 e. The van der Waals surface area contributed by atoms with E-state index in [4.69, 9.17) is 5.14 Å². The van der Waals surface area contributed by atoms with Crippen LogP contribution in [-0.4, -0.2) is 64.3 Å². The third-order valence-electron chi connectivity index (χ3n) is 5.92. The van der Waals surface area contributed by atoms with Crippen LogP contribution in [-0.2, 0) is 31.1 Å². The molecule has 2 aliphatic rings. The van der Waals surface area contributed by atoms with E-state index in [2.05, 4.69) is 0 Å². The van der Waals surface area contributed by atoms with Gasteiger partial charge in [0.05, 0.1) is 29.0 Å². The third-order valence-corrected chi connectivity index (χ3v) is 8.55. The van der Waals surface area contributed by atoms with Gasteiger partial charge in [-0.2, -0.15) is 0 Å². The van der Waals surface area contributed by atoms with Gasteiger partial charge in [-0.25, -0.2) is 22.0 Å². The number of hydrogen-bond acceptors (Lipinski definition) is 6. The first-order valence-electron chi connectivity index (χ1n) is 9.98. The number of nitrogens with two attached hydrogens (primary N) is 1. The number of rotatable bonds is 5. The maximum Gasteiger partial charge on any atom is 0.241 e. The summed E-state index contributed by atoms with van der Waals surface area (Å²) in [5, 5.41) is 5.13. The molecule has 31 heavy (non-hydrogen) atoms. The lowest BCUT2D eigenvalue weighted by Gasteiger charge is -2.43. The Labute approximate surface area is 182 Å². The van der Waals surface area contributed by atoms with E-state index in [1.54, 1.807) is 17.0 Å². The first-order valence-corrected chi connectivity index (χ1v) is 13.4. The van der Waals surface area contributed by atoms with Gasteiger partial charge in [0.25, 0.3) is 0 Å². The Kier molecular flexibility index (Phi) is 5.67. The minimum Gasteiger partial charge on any atom is -0.306 e. The number of amides is 1. The molecule has 2 atom stereocenters. The van der Waals surface area contributed by atoms with Gasteiger partial charge in [0, 0.05) is 18.3 Å². The number of fused-ring (bicyclic) bond motifs is 1. The molecule has 0 unspecified atom stereocenters. The number of piperazine rings is 1. The molecule has 2 saturated heterocycles. The lowest BCUT2D eigenvalue weighted by Crippen LogP contribution is -2.62. The van der Waals surface area contributed by atoms with Crippen molar-refractivity contribution < 1.29 is 21.6 Å². The summed E-state index contributed by atoms with van der Waals surface area (Å²) in [5.74, 6) is -0.136. The highest BCUT2D eigenvalue weighted by molar-refractivity contribution is 7.91. The number of hydrogen-bond donors (Lipinski definition) is 1. The second kappa shape index (κ2) is 8.01. The van der Waals surface area contributed by atoms with Crippen LogP contribution in [0.4, 0.5) is 5.69 Å². The van der Waals surface area contributed by atoms with Crippen molar-refractivity contribution in [3.05, 3.63) is 59.7 Å². The van der Waals surface area contributed by atoms with Gasteiger partial charge in [0.1, 0.15) is 0 Å². The van der Waals surface area contributed by atoms with Crippen LogP contribution >= 0.6 is 0 Å². The topological polar surface area (TPSA) is 118 Å². The standard InChI is InChI=1S/C21H25N3O5S2/c1-15-3-2-4-17(11-15)24-20-14-30(26,27)13-19(20)23(12-21(24)25)10-9-16-5-7-18(8-6-16)31(22,28)29/h2-8,11,19-20H,9-10,12-14H2,1H3,(H2,22,28,29)/t19-,20+/m0/s1. The highest BCUT2D eigenvalue weighted by Crippen LogP contribution is 2.32. The third kappa shape index (κ3) is 4.67. The van der Waals surface area contributed by atoms with E-state index in [1.165, 1.54) is 12.1 Å². The molecule has 2 fully saturated rings. The minimum atomic E-state index is -3.75. The molecular weight excluding hydrogens is 438 g/mol. The lowest BCUT2D eigenvalue weighted by atomic mass is 10.0. The Bertz CT molecular complexity index is 1210. The average molecular weight is 464 g/mol. The predicted octanol–water partition coefficient (Wildman–Crippen LogP) is 0.699. The summed E-state index contributed by atoms with van der Waals surface area (Å²) in [6.07, 6.45) is 0.561. The van der Waals surface area contributed by atoms with Crippen molar-refractivity contribution in [3.8, 4) is 0 Å². The predicted molar refractivity (Wildman–Crippen MR) is 118 cm³/mol. The van der Waals surface area contributed by atoms with Crippen molar-refractivity contribution in [3.63, 3.8) is 0 Å². The van der Waals surface area contributed by atoms with Crippen LogP contribution in [0.2, 0.25) is 0 Å². The molecule has 0 aliphatic carbocycles. The number of anilines is 1. The van der Waals surface area contributed by atoms with Crippen molar-refractivity contribution in [2.24, 2.45) is 5.14 Å². The molecule has 4 rings (SSSR count). The van der Waals surface area contributed by atoms with E-state index in [0.717, 1.165) is 16.8 Å². The Balaban J connectivity index is 1.54. The summed E-state index contributed by atoms with van der Waals surface area (Å²) >= 11 is 0. The van der Waals surface area contributed by atoms with E-state index in [9.17, 15) is 21.6 Å². The Morgan fingerprint density at radius 2 is 1.74 bits per heavy atom. The van der Waals surface area contributed by atoms with E-state index in [0.29, 0.717) is 13.0 Å². The second-order valence-corrected chi connectivity index (χ2v) is 11.9. The van der Waals surface area contributed by atoms with Crippen LogP contribution in [0.15, 0.2) is 53.4 Å². The quantitative estimate of drug-likeness (QED) is 0.697. The molecule has 2 heterocycles. The van der Waals surface area contributed by atoms with Crippen molar-refractivity contribution in [1.29, 1.82) is 0 Å². The molecule has 2 aromatic carbocycles. The van der Waals surface area contributed by atoms with Gasteiger partial charge >= 0.3 is 0 Å².